The summed E-state index contributed by atoms with van der Waals surface area (Å²) in [6.07, 6.45) is 1.63. The molecule has 8 nitrogen and oxygen atoms in total. The number of carbonyl (C=O) groups excluding carboxylic acids is 2. The van der Waals surface area contributed by atoms with Crippen molar-refractivity contribution in [2.45, 2.75) is 38.8 Å². The van der Waals surface area contributed by atoms with E-state index in [1.807, 2.05) is 0 Å². The molecule has 0 fully saturated rings. The Morgan fingerprint density at radius 2 is 1.18 bits per heavy atom. The van der Waals surface area contributed by atoms with Crippen LogP contribution in [-0.2, 0) is 12.8 Å². The maximum absolute atomic E-state index is 12.3. The Balaban J connectivity index is 1.39. The number of nitrogens with one attached hydrogen (secondary N) is 4. The fraction of sp³-hybridized carbons (Fsp3) is 0.333. The van der Waals surface area contributed by atoms with E-state index in [1.54, 1.807) is 14.1 Å². The van der Waals surface area contributed by atoms with Crippen LogP contribution in [0.25, 0.3) is 11.1 Å². The van der Waals surface area contributed by atoms with Crippen LogP contribution < -0.4 is 21.3 Å². The van der Waals surface area contributed by atoms with Crippen molar-refractivity contribution in [2.75, 3.05) is 27.2 Å². The molecule has 4 N–H and O–H groups in total. The molecule has 2 atom stereocenters. The molecule has 6 rings (SSSR count). The first kappa shape index (κ1) is 26.8. The molecule has 206 valence electrons. The largest absolute Gasteiger partial charge is 0.353 e. The van der Waals surface area contributed by atoms with Crippen LogP contribution in [0.3, 0.4) is 0 Å². The first-order valence-electron chi connectivity index (χ1n) is 13.5. The summed E-state index contributed by atoms with van der Waals surface area (Å²) in [4.78, 5) is 36.1. The van der Waals surface area contributed by atoms with Gasteiger partial charge in [0.15, 0.2) is 10.0 Å². The lowest BCUT2D eigenvalue weighted by Gasteiger charge is -2.27. The van der Waals surface area contributed by atoms with Crippen molar-refractivity contribution in [1.82, 2.24) is 31.2 Å². The maximum Gasteiger partial charge on any atom is 0.280 e. The molecule has 2 aromatic heterocycles. The Morgan fingerprint density at radius 1 is 0.750 bits per heavy atom. The predicted molar refractivity (Wildman–Crippen MR) is 159 cm³/mol. The van der Waals surface area contributed by atoms with Gasteiger partial charge in [-0.2, -0.15) is 0 Å². The van der Waals surface area contributed by atoms with E-state index in [4.69, 9.17) is 0 Å². The van der Waals surface area contributed by atoms with Crippen LogP contribution >= 0.6 is 22.7 Å². The lowest BCUT2D eigenvalue weighted by molar-refractivity contribution is 0.0954. The van der Waals surface area contributed by atoms with E-state index < -0.39 is 0 Å². The second-order valence-corrected chi connectivity index (χ2v) is 12.2. The Kier molecular flexibility index (Phi) is 7.26. The summed E-state index contributed by atoms with van der Waals surface area (Å²) in [5, 5.41) is 13.8. The molecule has 0 aliphatic carbocycles. The fourth-order valence-corrected chi connectivity index (χ4v) is 8.12. The minimum absolute atomic E-state index is 0.00834. The number of amides is 2. The van der Waals surface area contributed by atoms with Crippen LogP contribution in [0.5, 0.6) is 0 Å². The third-order valence-corrected chi connectivity index (χ3v) is 10.2. The van der Waals surface area contributed by atoms with E-state index in [0.717, 1.165) is 47.1 Å². The molecule has 40 heavy (non-hydrogen) atoms. The summed E-state index contributed by atoms with van der Waals surface area (Å²) in [5.74, 6) is -0.280. The number of carbonyl (C=O) groups is 2. The van der Waals surface area contributed by atoms with Gasteiger partial charge < -0.3 is 21.3 Å². The van der Waals surface area contributed by atoms with Gasteiger partial charge in [0.05, 0.1) is 23.5 Å². The zero-order valence-electron chi connectivity index (χ0n) is 23.0. The molecule has 0 saturated heterocycles. The highest BCUT2D eigenvalue weighted by Gasteiger charge is 2.31. The van der Waals surface area contributed by atoms with Gasteiger partial charge in [-0.05, 0) is 47.2 Å². The van der Waals surface area contributed by atoms with Gasteiger partial charge in [0.25, 0.3) is 11.8 Å². The molecule has 2 aliphatic heterocycles. The molecule has 10 heteroatoms. The van der Waals surface area contributed by atoms with Crippen molar-refractivity contribution >= 4 is 34.5 Å². The predicted octanol–water partition coefficient (Wildman–Crippen LogP) is 4.07. The van der Waals surface area contributed by atoms with Gasteiger partial charge in [0, 0.05) is 49.8 Å². The molecule has 2 aliphatic rings. The van der Waals surface area contributed by atoms with Crippen molar-refractivity contribution in [3.63, 3.8) is 0 Å². The maximum atomic E-state index is 12.3. The van der Waals surface area contributed by atoms with Crippen molar-refractivity contribution in [1.29, 1.82) is 0 Å². The Morgan fingerprint density at radius 3 is 1.57 bits per heavy atom. The number of fused-ring (bicyclic) bond motifs is 2. The summed E-state index contributed by atoms with van der Waals surface area (Å²) in [6, 6.07) is 13.0. The second kappa shape index (κ2) is 10.9. The van der Waals surface area contributed by atoms with Gasteiger partial charge in [0.1, 0.15) is 0 Å². The molecule has 2 amide bonds. The molecular weight excluding hydrogens is 541 g/mol. The number of rotatable bonds is 5. The summed E-state index contributed by atoms with van der Waals surface area (Å²) >= 11 is 2.96. The van der Waals surface area contributed by atoms with E-state index in [0.29, 0.717) is 10.0 Å². The number of benzene rings is 2. The molecule has 4 heterocycles. The third-order valence-electron chi connectivity index (χ3n) is 7.91. The van der Waals surface area contributed by atoms with Gasteiger partial charge in [-0.25, -0.2) is 9.97 Å². The zero-order chi connectivity index (χ0) is 28.0. The standard InChI is InChI=1S/C30H32N6O2S2/c1-15-17(7-5-9-19(15)23-25-21(11-13-33-23)35-29(39-25)27(37)31-3)18-8-6-10-20(16(18)2)24-26-22(12-14-34-24)36-30(40-26)28(38)32-4/h5-10,23-24,33-34H,11-14H2,1-4H3,(H,31,37)(H,32,38). The smallest absolute Gasteiger partial charge is 0.280 e. The van der Waals surface area contributed by atoms with Gasteiger partial charge in [0.2, 0.25) is 0 Å². The quantitative estimate of drug-likeness (QED) is 0.287. The summed E-state index contributed by atoms with van der Waals surface area (Å²) in [7, 11) is 3.28. The molecule has 0 spiro atoms. The monoisotopic (exact) mass is 572 g/mol. The number of nitrogens with zero attached hydrogens (tertiary/aromatic N) is 2. The summed E-state index contributed by atoms with van der Waals surface area (Å²) in [6.45, 7) is 6.00. The van der Waals surface area contributed by atoms with Crippen molar-refractivity contribution in [2.24, 2.45) is 0 Å². The van der Waals surface area contributed by atoms with Crippen LogP contribution in [0, 0.1) is 13.8 Å². The van der Waals surface area contributed by atoms with E-state index >= 15 is 0 Å². The number of hydrogen-bond donors (Lipinski definition) is 4. The van der Waals surface area contributed by atoms with Gasteiger partial charge >= 0.3 is 0 Å². The van der Waals surface area contributed by atoms with Gasteiger partial charge in [-0.15, -0.1) is 22.7 Å². The second-order valence-electron chi connectivity index (χ2n) is 10.1. The SMILES string of the molecule is CNC(=O)c1nc2c(s1)C(c1cccc(-c3cccc(C4NCCc5nc(C(=O)NC)sc54)c3C)c1C)NCC2. The number of aromatic nitrogens is 2. The first-order valence-corrected chi connectivity index (χ1v) is 15.1. The van der Waals surface area contributed by atoms with Crippen molar-refractivity contribution in [3.05, 3.63) is 89.8 Å². The van der Waals surface area contributed by atoms with Crippen molar-refractivity contribution < 1.29 is 9.59 Å². The van der Waals surface area contributed by atoms with Crippen molar-refractivity contribution in [3.8, 4) is 11.1 Å². The Bertz CT molecular complexity index is 1500. The average molecular weight is 573 g/mol. The van der Waals surface area contributed by atoms with Gasteiger partial charge in [-0.1, -0.05) is 36.4 Å². The van der Waals surface area contributed by atoms with Crippen LogP contribution in [0.4, 0.5) is 0 Å². The highest BCUT2D eigenvalue weighted by Crippen LogP contribution is 2.41. The summed E-state index contributed by atoms with van der Waals surface area (Å²) in [5.41, 5.74) is 9.21. The van der Waals surface area contributed by atoms with Crippen LogP contribution in [-0.4, -0.2) is 49.0 Å². The topological polar surface area (TPSA) is 108 Å². The fourth-order valence-electron chi connectivity index (χ4n) is 5.82. The van der Waals surface area contributed by atoms with E-state index in [9.17, 15) is 9.59 Å². The lowest BCUT2D eigenvalue weighted by atomic mass is 9.86. The first-order chi connectivity index (χ1) is 19.4. The molecule has 2 unspecified atom stereocenters. The minimum atomic E-state index is -0.140. The Hall–Kier alpha value is -3.44. The molecule has 0 saturated carbocycles. The highest BCUT2D eigenvalue weighted by atomic mass is 32.1. The zero-order valence-corrected chi connectivity index (χ0v) is 24.6. The van der Waals surface area contributed by atoms with E-state index in [2.05, 4.69) is 81.5 Å². The molecule has 0 radical (unpaired) electrons. The van der Waals surface area contributed by atoms with Crippen LogP contribution in [0.1, 0.15) is 75.1 Å². The van der Waals surface area contributed by atoms with Crippen LogP contribution in [0.15, 0.2) is 36.4 Å². The Labute approximate surface area is 241 Å². The molecule has 0 bridgehead atoms. The van der Waals surface area contributed by atoms with Crippen LogP contribution in [0.2, 0.25) is 0 Å². The summed E-state index contributed by atoms with van der Waals surface area (Å²) < 4.78 is 0. The average Bonchev–Trinajstić information content (AvgIpc) is 3.62. The lowest BCUT2D eigenvalue weighted by Crippen LogP contribution is -2.30. The van der Waals surface area contributed by atoms with E-state index in [-0.39, 0.29) is 23.9 Å². The normalized spacial score (nSPS) is 18.1. The molecule has 2 aromatic carbocycles. The van der Waals surface area contributed by atoms with Gasteiger partial charge in [-0.3, -0.25) is 9.59 Å². The number of thiazole rings is 2. The molecular formula is C30H32N6O2S2. The third kappa shape index (κ3) is 4.54. The highest BCUT2D eigenvalue weighted by molar-refractivity contribution is 7.14. The molecule has 4 aromatic rings. The minimum Gasteiger partial charge on any atom is -0.353 e. The van der Waals surface area contributed by atoms with E-state index in [1.165, 1.54) is 56.1 Å². The number of hydrogen-bond acceptors (Lipinski definition) is 8.